The van der Waals surface area contributed by atoms with Crippen molar-refractivity contribution in [3.63, 3.8) is 0 Å². The van der Waals surface area contributed by atoms with Crippen LogP contribution >= 0.6 is 0 Å². The van der Waals surface area contributed by atoms with E-state index in [4.69, 9.17) is 0 Å². The molecule has 1 fully saturated rings. The molecule has 8 heteroatoms. The summed E-state index contributed by atoms with van der Waals surface area (Å²) < 4.78 is 39.5. The molecule has 2 unspecified atom stereocenters. The van der Waals surface area contributed by atoms with Gasteiger partial charge in [-0.2, -0.15) is 0 Å². The molecule has 1 aliphatic rings. The van der Waals surface area contributed by atoms with Crippen molar-refractivity contribution in [1.82, 2.24) is 15.5 Å². The number of rotatable bonds is 7. The van der Waals surface area contributed by atoms with Gasteiger partial charge in [0.2, 0.25) is 0 Å². The molecule has 3 N–H and O–H groups in total. The number of hydrogen-bond donors (Lipinski definition) is 3. The molecule has 24 heavy (non-hydrogen) atoms. The molecule has 0 spiro atoms. The van der Waals surface area contributed by atoms with Gasteiger partial charge in [0.15, 0.2) is 17.5 Å². The second-order valence-electron chi connectivity index (χ2n) is 6.13. The van der Waals surface area contributed by atoms with Crippen LogP contribution in [-0.4, -0.2) is 48.3 Å². The first kappa shape index (κ1) is 18.5. The zero-order valence-corrected chi connectivity index (χ0v) is 13.7. The minimum absolute atomic E-state index is 0.0489. The van der Waals surface area contributed by atoms with E-state index in [9.17, 15) is 23.1 Å². The Bertz CT molecular complexity index is 573. The van der Waals surface area contributed by atoms with Gasteiger partial charge in [-0.3, -0.25) is 4.90 Å². The Balaban J connectivity index is 1.90. The molecular weight excluding hydrogens is 323 g/mol. The molecule has 1 aliphatic carbocycles. The van der Waals surface area contributed by atoms with Crippen LogP contribution < -0.4 is 10.6 Å². The maximum absolute atomic E-state index is 13.3. The Kier molecular flexibility index (Phi) is 6.06. The summed E-state index contributed by atoms with van der Waals surface area (Å²) in [6.07, 6.45) is 2.31. The molecule has 1 saturated carbocycles. The number of nitrogens with one attached hydrogen (secondary N) is 2. The van der Waals surface area contributed by atoms with Crippen molar-refractivity contribution in [1.29, 1.82) is 0 Å². The van der Waals surface area contributed by atoms with E-state index < -0.39 is 36.1 Å². The smallest absolute Gasteiger partial charge is 0.315 e. The van der Waals surface area contributed by atoms with E-state index in [1.165, 1.54) is 0 Å². The van der Waals surface area contributed by atoms with Crippen LogP contribution in [0.3, 0.4) is 0 Å². The first-order chi connectivity index (χ1) is 11.3. The number of carbonyl (C=O) groups excluding carboxylic acids is 1. The number of urea groups is 1. The van der Waals surface area contributed by atoms with Crippen molar-refractivity contribution in [2.24, 2.45) is 0 Å². The molecule has 0 radical (unpaired) electrons. The van der Waals surface area contributed by atoms with Crippen LogP contribution in [0.4, 0.5) is 18.0 Å². The standard InChI is InChI=1S/C16H22F3N3O2/c1-9(22(2)11-3-4-11)7-20-16(24)21-14(8-23)10-5-12(17)15(19)13(18)6-10/h5-6,9,11,14,23H,3-4,7-8H2,1-2H3,(H2,20,21,24). The van der Waals surface area contributed by atoms with Gasteiger partial charge in [-0.15, -0.1) is 0 Å². The molecule has 0 aromatic heterocycles. The fraction of sp³-hybridized carbons (Fsp3) is 0.562. The summed E-state index contributed by atoms with van der Waals surface area (Å²) >= 11 is 0. The molecule has 5 nitrogen and oxygen atoms in total. The number of hydrogen-bond acceptors (Lipinski definition) is 3. The molecule has 0 aliphatic heterocycles. The SMILES string of the molecule is CC(CNC(=O)NC(CO)c1cc(F)c(F)c(F)c1)N(C)C1CC1. The van der Waals surface area contributed by atoms with Crippen LogP contribution in [0.5, 0.6) is 0 Å². The van der Waals surface area contributed by atoms with Gasteiger partial charge >= 0.3 is 6.03 Å². The monoisotopic (exact) mass is 345 g/mol. The molecule has 0 bridgehead atoms. The zero-order valence-electron chi connectivity index (χ0n) is 13.7. The third-order valence-corrected chi connectivity index (χ3v) is 4.27. The first-order valence-electron chi connectivity index (χ1n) is 7.85. The highest BCUT2D eigenvalue weighted by molar-refractivity contribution is 5.74. The van der Waals surface area contributed by atoms with E-state index >= 15 is 0 Å². The fourth-order valence-electron chi connectivity index (χ4n) is 2.45. The number of halogens is 3. The summed E-state index contributed by atoms with van der Waals surface area (Å²) in [6.45, 7) is 1.80. The normalized spacial score (nSPS) is 16.8. The molecule has 2 amide bonds. The molecular formula is C16H22F3N3O2. The van der Waals surface area contributed by atoms with Crippen molar-refractivity contribution < 1.29 is 23.1 Å². The number of amides is 2. The summed E-state index contributed by atoms with van der Waals surface area (Å²) in [4.78, 5) is 14.1. The number of aliphatic hydroxyl groups is 1. The Morgan fingerprint density at radius 2 is 1.92 bits per heavy atom. The average molecular weight is 345 g/mol. The van der Waals surface area contributed by atoms with Crippen molar-refractivity contribution >= 4 is 6.03 Å². The van der Waals surface area contributed by atoms with Gasteiger partial charge in [-0.05, 0) is 44.5 Å². The van der Waals surface area contributed by atoms with Crippen LogP contribution in [-0.2, 0) is 0 Å². The third kappa shape index (κ3) is 4.61. The lowest BCUT2D eigenvalue weighted by Gasteiger charge is -2.25. The summed E-state index contributed by atoms with van der Waals surface area (Å²) in [5.41, 5.74) is -0.0489. The minimum Gasteiger partial charge on any atom is -0.394 e. The number of likely N-dealkylation sites (N-methyl/N-ethyl adjacent to an activating group) is 1. The van der Waals surface area contributed by atoms with E-state index in [1.54, 1.807) is 0 Å². The molecule has 1 aromatic carbocycles. The largest absolute Gasteiger partial charge is 0.394 e. The van der Waals surface area contributed by atoms with Crippen LogP contribution in [0, 0.1) is 17.5 Å². The highest BCUT2D eigenvalue weighted by atomic mass is 19.2. The van der Waals surface area contributed by atoms with Crippen molar-refractivity contribution in [3.05, 3.63) is 35.1 Å². The highest BCUT2D eigenvalue weighted by Crippen LogP contribution is 2.26. The average Bonchev–Trinajstić information content (AvgIpc) is 3.39. The minimum atomic E-state index is -1.59. The second kappa shape index (κ2) is 7.85. The van der Waals surface area contributed by atoms with Crippen molar-refractivity contribution in [2.75, 3.05) is 20.2 Å². The first-order valence-corrected chi connectivity index (χ1v) is 7.85. The fourth-order valence-corrected chi connectivity index (χ4v) is 2.45. The Morgan fingerprint density at radius 3 is 2.42 bits per heavy atom. The maximum Gasteiger partial charge on any atom is 0.315 e. The van der Waals surface area contributed by atoms with Crippen LogP contribution in [0.1, 0.15) is 31.4 Å². The van der Waals surface area contributed by atoms with E-state index in [0.29, 0.717) is 12.6 Å². The second-order valence-corrected chi connectivity index (χ2v) is 6.13. The van der Waals surface area contributed by atoms with E-state index in [0.717, 1.165) is 25.0 Å². The van der Waals surface area contributed by atoms with Gasteiger partial charge in [-0.1, -0.05) is 0 Å². The molecule has 134 valence electrons. The summed E-state index contributed by atoms with van der Waals surface area (Å²) in [6, 6.07) is 0.588. The van der Waals surface area contributed by atoms with E-state index in [-0.39, 0.29) is 11.6 Å². The Labute approximate surface area is 138 Å². The predicted octanol–water partition coefficient (Wildman–Crippen LogP) is 1.92. The maximum atomic E-state index is 13.3. The lowest BCUT2D eigenvalue weighted by Crippen LogP contribution is -2.45. The predicted molar refractivity (Wildman–Crippen MR) is 82.9 cm³/mol. The molecule has 2 rings (SSSR count). The zero-order chi connectivity index (χ0) is 17.9. The molecule has 0 saturated heterocycles. The van der Waals surface area contributed by atoms with Crippen LogP contribution in [0.25, 0.3) is 0 Å². The Morgan fingerprint density at radius 1 is 1.33 bits per heavy atom. The number of aliphatic hydroxyl groups excluding tert-OH is 1. The van der Waals surface area contributed by atoms with Gasteiger partial charge in [-0.25, -0.2) is 18.0 Å². The molecule has 0 heterocycles. The number of carbonyl (C=O) groups is 1. The lowest BCUT2D eigenvalue weighted by atomic mass is 10.1. The van der Waals surface area contributed by atoms with Gasteiger partial charge in [0.1, 0.15) is 0 Å². The van der Waals surface area contributed by atoms with Gasteiger partial charge in [0.25, 0.3) is 0 Å². The third-order valence-electron chi connectivity index (χ3n) is 4.27. The van der Waals surface area contributed by atoms with Crippen molar-refractivity contribution in [2.45, 2.75) is 37.9 Å². The lowest BCUT2D eigenvalue weighted by molar-refractivity contribution is 0.207. The number of nitrogens with zero attached hydrogens (tertiary/aromatic N) is 1. The summed E-state index contributed by atoms with van der Waals surface area (Å²) in [5, 5.41) is 14.4. The highest BCUT2D eigenvalue weighted by Gasteiger charge is 2.29. The molecule has 2 atom stereocenters. The van der Waals surface area contributed by atoms with Crippen molar-refractivity contribution in [3.8, 4) is 0 Å². The quantitative estimate of drug-likeness (QED) is 0.662. The van der Waals surface area contributed by atoms with Gasteiger partial charge in [0, 0.05) is 18.6 Å². The number of benzene rings is 1. The molecule has 1 aromatic rings. The summed E-state index contributed by atoms with van der Waals surface area (Å²) in [7, 11) is 1.99. The van der Waals surface area contributed by atoms with Crippen LogP contribution in [0.15, 0.2) is 12.1 Å². The van der Waals surface area contributed by atoms with E-state index in [2.05, 4.69) is 15.5 Å². The Hall–Kier alpha value is -1.80. The van der Waals surface area contributed by atoms with Gasteiger partial charge in [0.05, 0.1) is 12.6 Å². The topological polar surface area (TPSA) is 64.6 Å². The van der Waals surface area contributed by atoms with Crippen LogP contribution in [0.2, 0.25) is 0 Å². The van der Waals surface area contributed by atoms with Gasteiger partial charge < -0.3 is 15.7 Å². The summed E-state index contributed by atoms with van der Waals surface area (Å²) in [5.74, 6) is -4.33. The van der Waals surface area contributed by atoms with E-state index in [1.807, 2.05) is 14.0 Å².